The van der Waals surface area contributed by atoms with Gasteiger partial charge in [0.25, 0.3) is 5.91 Å². The number of piperidine rings is 1. The zero-order chi connectivity index (χ0) is 20.9. The van der Waals surface area contributed by atoms with Crippen LogP contribution in [0, 0.1) is 12.8 Å². The highest BCUT2D eigenvalue weighted by atomic mass is 32.2. The summed E-state index contributed by atoms with van der Waals surface area (Å²) in [4.78, 5) is 26.6. The van der Waals surface area contributed by atoms with Crippen LogP contribution in [0.4, 0.5) is 0 Å². The Kier molecular flexibility index (Phi) is 7.60. The Morgan fingerprint density at radius 2 is 1.93 bits per heavy atom. The third-order valence-corrected chi connectivity index (χ3v) is 7.15. The van der Waals surface area contributed by atoms with Crippen molar-refractivity contribution in [3.63, 3.8) is 0 Å². The van der Waals surface area contributed by atoms with Gasteiger partial charge in [0.15, 0.2) is 6.61 Å². The molecule has 1 amide bonds. The summed E-state index contributed by atoms with van der Waals surface area (Å²) in [5.41, 5.74) is 0.760. The summed E-state index contributed by atoms with van der Waals surface area (Å²) < 4.78 is 31.9. The van der Waals surface area contributed by atoms with Crippen LogP contribution in [0.2, 0.25) is 0 Å². The summed E-state index contributed by atoms with van der Waals surface area (Å²) >= 11 is 0. The van der Waals surface area contributed by atoms with E-state index < -0.39 is 16.0 Å². The molecule has 1 aliphatic heterocycles. The Bertz CT molecular complexity index is 818. The van der Waals surface area contributed by atoms with Gasteiger partial charge in [0, 0.05) is 26.2 Å². The predicted molar refractivity (Wildman–Crippen MR) is 107 cm³/mol. The van der Waals surface area contributed by atoms with Gasteiger partial charge in [0.05, 0.1) is 10.5 Å². The van der Waals surface area contributed by atoms with Crippen molar-refractivity contribution in [2.24, 2.45) is 5.92 Å². The first-order valence-corrected chi connectivity index (χ1v) is 11.2. The maximum Gasteiger partial charge on any atom is 0.338 e. The lowest BCUT2D eigenvalue weighted by atomic mass is 10.0. The molecule has 0 N–H and O–H groups in total. The fourth-order valence-electron chi connectivity index (χ4n) is 3.41. The number of nitrogens with zero attached hydrogens (tertiary/aromatic N) is 2. The molecule has 0 bridgehead atoms. The van der Waals surface area contributed by atoms with Gasteiger partial charge >= 0.3 is 5.97 Å². The van der Waals surface area contributed by atoms with Crippen LogP contribution in [0.3, 0.4) is 0 Å². The Hall–Kier alpha value is -1.93. The van der Waals surface area contributed by atoms with E-state index in [-0.39, 0.29) is 23.0 Å². The number of likely N-dealkylation sites (tertiary alicyclic amines) is 1. The van der Waals surface area contributed by atoms with Gasteiger partial charge in [-0.25, -0.2) is 13.2 Å². The standard InChI is InChI=1S/C20H30N2O5S/c1-5-22(6-2)28(25,26)17-10-9-16(4)18(12-17)20(24)27-14-19(23)21-11-7-8-15(3)13-21/h9-10,12,15H,5-8,11,13-14H2,1-4H3/t15-/m1/s1. The second-order valence-electron chi connectivity index (χ2n) is 7.23. The number of carbonyl (C=O) groups excluding carboxylic acids is 2. The minimum absolute atomic E-state index is 0.0462. The minimum atomic E-state index is -3.68. The van der Waals surface area contributed by atoms with Crippen LogP contribution in [0.5, 0.6) is 0 Å². The van der Waals surface area contributed by atoms with Crippen molar-refractivity contribution >= 4 is 21.9 Å². The van der Waals surface area contributed by atoms with Crippen LogP contribution in [0.15, 0.2) is 23.1 Å². The molecule has 156 valence electrons. The molecular weight excluding hydrogens is 380 g/mol. The second kappa shape index (κ2) is 9.52. The van der Waals surface area contributed by atoms with E-state index in [9.17, 15) is 18.0 Å². The number of sulfonamides is 1. The van der Waals surface area contributed by atoms with E-state index in [2.05, 4.69) is 6.92 Å². The quantitative estimate of drug-likeness (QED) is 0.645. The Morgan fingerprint density at radius 1 is 1.25 bits per heavy atom. The first-order chi connectivity index (χ1) is 13.2. The van der Waals surface area contributed by atoms with E-state index in [1.54, 1.807) is 31.7 Å². The number of esters is 1. The van der Waals surface area contributed by atoms with Gasteiger partial charge in [-0.05, 0) is 43.4 Å². The summed E-state index contributed by atoms with van der Waals surface area (Å²) in [6.07, 6.45) is 2.04. The number of ether oxygens (including phenoxy) is 1. The molecular formula is C20H30N2O5S. The molecule has 0 radical (unpaired) electrons. The average molecular weight is 411 g/mol. The third-order valence-electron chi connectivity index (χ3n) is 5.11. The smallest absolute Gasteiger partial charge is 0.338 e. The molecule has 1 aromatic rings. The lowest BCUT2D eigenvalue weighted by Crippen LogP contribution is -2.41. The van der Waals surface area contributed by atoms with Crippen molar-refractivity contribution < 1.29 is 22.7 Å². The first-order valence-electron chi connectivity index (χ1n) is 9.76. The summed E-state index contributed by atoms with van der Waals surface area (Å²) in [5, 5.41) is 0. The highest BCUT2D eigenvalue weighted by Gasteiger charge is 2.25. The molecule has 0 aromatic heterocycles. The highest BCUT2D eigenvalue weighted by Crippen LogP contribution is 2.21. The normalized spacial score (nSPS) is 17.6. The maximum absolute atomic E-state index is 12.7. The lowest BCUT2D eigenvalue weighted by Gasteiger charge is -2.30. The molecule has 1 fully saturated rings. The second-order valence-corrected chi connectivity index (χ2v) is 9.17. The molecule has 1 aliphatic rings. The molecule has 0 aliphatic carbocycles. The number of aryl methyl sites for hydroxylation is 1. The minimum Gasteiger partial charge on any atom is -0.452 e. The number of rotatable bonds is 7. The van der Waals surface area contributed by atoms with Crippen LogP contribution in [-0.4, -0.2) is 62.3 Å². The van der Waals surface area contributed by atoms with Crippen molar-refractivity contribution in [2.45, 2.75) is 45.4 Å². The number of benzene rings is 1. The van der Waals surface area contributed by atoms with Gasteiger partial charge in [-0.2, -0.15) is 4.31 Å². The molecule has 1 atom stereocenters. The molecule has 1 heterocycles. The molecule has 0 spiro atoms. The van der Waals surface area contributed by atoms with Crippen LogP contribution < -0.4 is 0 Å². The zero-order valence-corrected chi connectivity index (χ0v) is 17.9. The Balaban J connectivity index is 2.12. The van der Waals surface area contributed by atoms with Crippen molar-refractivity contribution in [3.05, 3.63) is 29.3 Å². The molecule has 1 saturated heterocycles. The van der Waals surface area contributed by atoms with Crippen molar-refractivity contribution in [2.75, 3.05) is 32.8 Å². The van der Waals surface area contributed by atoms with Crippen LogP contribution in [-0.2, 0) is 19.6 Å². The maximum atomic E-state index is 12.7. The van der Waals surface area contributed by atoms with Crippen molar-refractivity contribution in [1.29, 1.82) is 0 Å². The zero-order valence-electron chi connectivity index (χ0n) is 17.1. The van der Waals surface area contributed by atoms with E-state index >= 15 is 0 Å². The van der Waals surface area contributed by atoms with E-state index in [1.165, 1.54) is 16.4 Å². The fraction of sp³-hybridized carbons (Fsp3) is 0.600. The molecule has 0 saturated carbocycles. The van der Waals surface area contributed by atoms with Gasteiger partial charge in [-0.15, -0.1) is 0 Å². The summed E-state index contributed by atoms with van der Waals surface area (Å²) in [7, 11) is -3.68. The van der Waals surface area contributed by atoms with E-state index in [0.29, 0.717) is 37.7 Å². The largest absolute Gasteiger partial charge is 0.452 e. The summed E-state index contributed by atoms with van der Waals surface area (Å²) in [6, 6.07) is 4.40. The lowest BCUT2D eigenvalue weighted by molar-refractivity contribution is -0.136. The van der Waals surface area contributed by atoms with Gasteiger partial charge < -0.3 is 9.64 Å². The van der Waals surface area contributed by atoms with Gasteiger partial charge in [0.1, 0.15) is 0 Å². The Morgan fingerprint density at radius 3 is 2.54 bits per heavy atom. The number of carbonyl (C=O) groups is 2. The predicted octanol–water partition coefficient (Wildman–Crippen LogP) is 2.44. The SMILES string of the molecule is CCN(CC)S(=O)(=O)c1ccc(C)c(C(=O)OCC(=O)N2CCC[C@@H](C)C2)c1. The topological polar surface area (TPSA) is 84.0 Å². The van der Waals surface area contributed by atoms with Crippen LogP contribution in [0.25, 0.3) is 0 Å². The van der Waals surface area contributed by atoms with Gasteiger partial charge in [-0.1, -0.05) is 26.8 Å². The number of hydrogen-bond acceptors (Lipinski definition) is 5. The van der Waals surface area contributed by atoms with E-state index in [1.807, 2.05) is 0 Å². The van der Waals surface area contributed by atoms with Crippen LogP contribution >= 0.6 is 0 Å². The third kappa shape index (κ3) is 5.11. The summed E-state index contributed by atoms with van der Waals surface area (Å²) in [5.74, 6) is -0.463. The fourth-order valence-corrected chi connectivity index (χ4v) is 4.89. The molecule has 1 aromatic carbocycles. The molecule has 2 rings (SSSR count). The molecule has 28 heavy (non-hydrogen) atoms. The highest BCUT2D eigenvalue weighted by molar-refractivity contribution is 7.89. The Labute approximate surface area is 167 Å². The average Bonchev–Trinajstić information content (AvgIpc) is 2.66. The van der Waals surface area contributed by atoms with E-state index in [4.69, 9.17) is 4.74 Å². The number of amides is 1. The molecule has 8 heteroatoms. The van der Waals surface area contributed by atoms with Crippen molar-refractivity contribution in [1.82, 2.24) is 9.21 Å². The molecule has 7 nitrogen and oxygen atoms in total. The summed E-state index contributed by atoms with van der Waals surface area (Å²) in [6.45, 7) is 9.02. The number of hydrogen-bond donors (Lipinski definition) is 0. The van der Waals surface area contributed by atoms with Gasteiger partial charge in [0.2, 0.25) is 10.0 Å². The van der Waals surface area contributed by atoms with Gasteiger partial charge in [-0.3, -0.25) is 4.79 Å². The van der Waals surface area contributed by atoms with Crippen LogP contribution in [0.1, 0.15) is 49.5 Å². The van der Waals surface area contributed by atoms with Crippen molar-refractivity contribution in [3.8, 4) is 0 Å². The monoisotopic (exact) mass is 410 g/mol. The first kappa shape index (κ1) is 22.4. The molecule has 0 unspecified atom stereocenters. The van der Waals surface area contributed by atoms with E-state index in [0.717, 1.165) is 12.8 Å².